The zero-order valence-electron chi connectivity index (χ0n) is 21.8. The molecule has 1 N–H and O–H groups in total. The number of rotatable bonds is 7. The van der Waals surface area contributed by atoms with Gasteiger partial charge in [-0.2, -0.15) is 10.4 Å². The number of aromatic nitrogens is 3. The third kappa shape index (κ3) is 4.58. The van der Waals surface area contributed by atoms with Crippen LogP contribution in [-0.4, -0.2) is 48.7 Å². The van der Waals surface area contributed by atoms with E-state index < -0.39 is 35.4 Å². The topological polar surface area (TPSA) is 121 Å². The van der Waals surface area contributed by atoms with E-state index in [2.05, 4.69) is 10.1 Å². The van der Waals surface area contributed by atoms with E-state index >= 15 is 4.39 Å². The number of fused-ring (bicyclic) bond motifs is 1. The third-order valence-electron chi connectivity index (χ3n) is 7.43. The molecule has 11 heteroatoms. The number of hydrogen-bond acceptors (Lipinski definition) is 7. The first-order valence-electron chi connectivity index (χ1n) is 12.9. The fourth-order valence-corrected chi connectivity index (χ4v) is 5.48. The van der Waals surface area contributed by atoms with Gasteiger partial charge < -0.3 is 9.84 Å². The molecule has 1 atom stereocenters. The quantitative estimate of drug-likeness (QED) is 0.331. The summed E-state index contributed by atoms with van der Waals surface area (Å²) in [5, 5.41) is 23.6. The predicted octanol–water partition coefficient (Wildman–Crippen LogP) is 4.11. The summed E-state index contributed by atoms with van der Waals surface area (Å²) in [5.41, 5.74) is -0.356. The lowest BCUT2D eigenvalue weighted by Crippen LogP contribution is -2.51. The molecular weight excluding hydrogens is 549 g/mol. The molecule has 0 saturated heterocycles. The van der Waals surface area contributed by atoms with E-state index in [1.54, 1.807) is 43.4 Å². The second-order valence-electron chi connectivity index (χ2n) is 10.2. The zero-order chi connectivity index (χ0) is 28.9. The van der Waals surface area contributed by atoms with Gasteiger partial charge in [0.15, 0.2) is 5.78 Å². The number of nitrogens with zero attached hydrogens (tertiary/aromatic N) is 5. The van der Waals surface area contributed by atoms with E-state index in [-0.39, 0.29) is 28.8 Å². The zero-order valence-corrected chi connectivity index (χ0v) is 22.5. The molecule has 1 amide bonds. The van der Waals surface area contributed by atoms with Crippen LogP contribution >= 0.6 is 11.6 Å². The Kier molecular flexibility index (Phi) is 6.66. The lowest BCUT2D eigenvalue weighted by atomic mass is 9.87. The molecule has 41 heavy (non-hydrogen) atoms. The minimum atomic E-state index is -1.75. The van der Waals surface area contributed by atoms with Gasteiger partial charge in [0.1, 0.15) is 11.9 Å². The van der Waals surface area contributed by atoms with Crippen molar-refractivity contribution in [2.45, 2.75) is 37.3 Å². The van der Waals surface area contributed by atoms with Gasteiger partial charge in [-0.1, -0.05) is 23.7 Å². The summed E-state index contributed by atoms with van der Waals surface area (Å²) in [6.45, 7) is -0.0948. The molecule has 2 aromatic carbocycles. The minimum absolute atomic E-state index is 0.00924. The summed E-state index contributed by atoms with van der Waals surface area (Å²) in [4.78, 5) is 33.1. The van der Waals surface area contributed by atoms with Gasteiger partial charge in [0.05, 0.1) is 52.9 Å². The highest BCUT2D eigenvalue weighted by molar-refractivity contribution is 6.30. The fourth-order valence-electron chi connectivity index (χ4n) is 5.35. The van der Waals surface area contributed by atoms with Crippen LogP contribution in [0.3, 0.4) is 0 Å². The molecule has 2 aliphatic rings. The number of ether oxygens (including phenoxy) is 1. The van der Waals surface area contributed by atoms with Crippen LogP contribution in [-0.2, 0) is 24.1 Å². The van der Waals surface area contributed by atoms with Crippen molar-refractivity contribution in [3.63, 3.8) is 0 Å². The van der Waals surface area contributed by atoms with Crippen molar-refractivity contribution in [3.8, 4) is 6.07 Å². The number of hydrogen-bond donors (Lipinski definition) is 1. The van der Waals surface area contributed by atoms with Crippen LogP contribution in [0.15, 0.2) is 67.1 Å². The van der Waals surface area contributed by atoms with E-state index in [1.165, 1.54) is 34.2 Å². The van der Waals surface area contributed by atoms with Gasteiger partial charge in [-0.05, 0) is 49.2 Å². The van der Waals surface area contributed by atoms with Gasteiger partial charge in [0, 0.05) is 35.6 Å². The summed E-state index contributed by atoms with van der Waals surface area (Å²) in [6.07, 6.45) is 3.84. The molecule has 1 aliphatic heterocycles. The van der Waals surface area contributed by atoms with Crippen molar-refractivity contribution < 1.29 is 23.8 Å². The summed E-state index contributed by atoms with van der Waals surface area (Å²) in [6, 6.07) is 14.3. The Morgan fingerprint density at radius 3 is 2.56 bits per heavy atom. The molecule has 0 radical (unpaired) electrons. The molecular formula is C30H23ClFN5O4. The molecule has 0 bridgehead atoms. The second-order valence-corrected chi connectivity index (χ2v) is 10.6. The third-order valence-corrected chi connectivity index (χ3v) is 7.68. The molecule has 0 spiro atoms. The van der Waals surface area contributed by atoms with Gasteiger partial charge in [0.2, 0.25) is 5.72 Å². The second kappa shape index (κ2) is 10.2. The molecule has 1 saturated carbocycles. The summed E-state index contributed by atoms with van der Waals surface area (Å²) in [5.74, 6) is -1.85. The van der Waals surface area contributed by atoms with E-state index in [4.69, 9.17) is 16.3 Å². The predicted molar refractivity (Wildman–Crippen MR) is 144 cm³/mol. The highest BCUT2D eigenvalue weighted by Crippen LogP contribution is 2.50. The highest BCUT2D eigenvalue weighted by Gasteiger charge is 2.56. The van der Waals surface area contributed by atoms with Crippen molar-refractivity contribution >= 4 is 23.3 Å². The number of pyridine rings is 1. The molecule has 9 nitrogen and oxygen atoms in total. The smallest absolute Gasteiger partial charge is 0.257 e. The summed E-state index contributed by atoms with van der Waals surface area (Å²) < 4.78 is 24.4. The summed E-state index contributed by atoms with van der Waals surface area (Å²) in [7, 11) is 1.66. The summed E-state index contributed by atoms with van der Waals surface area (Å²) >= 11 is 6.19. The number of amides is 1. The highest BCUT2D eigenvalue weighted by atomic mass is 35.5. The van der Waals surface area contributed by atoms with Crippen LogP contribution in [0, 0.1) is 17.1 Å². The molecule has 206 valence electrons. The standard InChI is InChI=1S/C30H23ClFN5O4/c1-36-15-19(14-35-36)28(39)18-8-25-27(26(32)9-18)30(41-24-10-23(38)11-24,20-3-5-21(31)6-4-20)37(29(25)40)16-22-7-2-17(12-33)13-34-22/h2-9,13-15,23-24,38H,10-11,16H2,1H3/t23-,24+,30-/m1/s1. The van der Waals surface area contributed by atoms with Gasteiger partial charge in [-0.15, -0.1) is 0 Å². The van der Waals surface area contributed by atoms with Crippen molar-refractivity contribution in [1.29, 1.82) is 5.26 Å². The van der Waals surface area contributed by atoms with E-state index in [0.29, 0.717) is 34.7 Å². The number of aliphatic hydroxyl groups is 1. The first-order valence-corrected chi connectivity index (χ1v) is 13.2. The number of carbonyl (C=O) groups excluding carboxylic acids is 2. The molecule has 1 fully saturated rings. The van der Waals surface area contributed by atoms with Crippen LogP contribution in [0.25, 0.3) is 0 Å². The number of aryl methyl sites for hydroxylation is 1. The molecule has 4 aromatic rings. The normalized spacial score (nSPS) is 21.3. The maximum Gasteiger partial charge on any atom is 0.257 e. The SMILES string of the molecule is Cn1cc(C(=O)c2cc(F)c3c(c2)C(=O)N(Cc2ccc(C#N)cn2)[C@@]3(O[C@H]2C[C@@H](O)C2)c2ccc(Cl)cc2)cn1. The number of nitriles is 1. The van der Waals surface area contributed by atoms with Crippen molar-refractivity contribution in [2.24, 2.45) is 7.05 Å². The maximum atomic E-state index is 16.4. The Morgan fingerprint density at radius 2 is 1.95 bits per heavy atom. The van der Waals surface area contributed by atoms with Crippen molar-refractivity contribution in [2.75, 3.05) is 0 Å². The number of aliphatic hydroxyl groups excluding tert-OH is 1. The lowest BCUT2D eigenvalue weighted by molar-refractivity contribution is -0.191. The number of benzene rings is 2. The molecule has 6 rings (SSSR count). The Morgan fingerprint density at radius 1 is 1.20 bits per heavy atom. The van der Waals surface area contributed by atoms with E-state index in [0.717, 1.165) is 6.07 Å². The van der Waals surface area contributed by atoms with E-state index in [1.807, 2.05) is 6.07 Å². The Labute approximate surface area is 239 Å². The minimum Gasteiger partial charge on any atom is -0.393 e. The van der Waals surface area contributed by atoms with Gasteiger partial charge in [0.25, 0.3) is 5.91 Å². The molecule has 2 aromatic heterocycles. The van der Waals surface area contributed by atoms with Gasteiger partial charge in [-0.25, -0.2) is 4.39 Å². The Balaban J connectivity index is 1.54. The molecule has 1 aliphatic carbocycles. The number of carbonyl (C=O) groups is 2. The fraction of sp³-hybridized carbons (Fsp3) is 0.233. The molecule has 3 heterocycles. The van der Waals surface area contributed by atoms with Crippen LogP contribution in [0.5, 0.6) is 0 Å². The molecule has 0 unspecified atom stereocenters. The largest absolute Gasteiger partial charge is 0.393 e. The Hall–Kier alpha value is -4.43. The van der Waals surface area contributed by atoms with Crippen LogP contribution in [0.2, 0.25) is 5.02 Å². The van der Waals surface area contributed by atoms with Crippen LogP contribution in [0.1, 0.15) is 61.5 Å². The van der Waals surface area contributed by atoms with E-state index in [9.17, 15) is 20.0 Å². The van der Waals surface area contributed by atoms with Crippen LogP contribution < -0.4 is 0 Å². The first kappa shape index (κ1) is 26.8. The monoisotopic (exact) mass is 571 g/mol. The van der Waals surface area contributed by atoms with Crippen molar-refractivity contribution in [3.05, 3.63) is 117 Å². The van der Waals surface area contributed by atoms with Crippen molar-refractivity contribution in [1.82, 2.24) is 19.7 Å². The number of halogens is 2. The number of ketones is 1. The lowest BCUT2D eigenvalue weighted by Gasteiger charge is -2.45. The maximum absolute atomic E-state index is 16.4. The first-order chi connectivity index (χ1) is 19.7. The van der Waals surface area contributed by atoms with Crippen LogP contribution in [0.4, 0.5) is 4.39 Å². The van der Waals surface area contributed by atoms with Gasteiger partial charge in [-0.3, -0.25) is 24.2 Å². The average molecular weight is 572 g/mol. The van der Waals surface area contributed by atoms with Gasteiger partial charge >= 0.3 is 0 Å². The Bertz CT molecular complexity index is 1710. The average Bonchev–Trinajstić information content (AvgIpc) is 3.48.